The topological polar surface area (TPSA) is 9.23 Å². The van der Waals surface area contributed by atoms with E-state index in [0.29, 0.717) is 5.56 Å². The maximum absolute atomic E-state index is 13.2. The molecule has 7 heteroatoms. The lowest BCUT2D eigenvalue weighted by atomic mass is 10.1. The molecule has 1 atom stereocenters. The van der Waals surface area contributed by atoms with Gasteiger partial charge in [0.2, 0.25) is 0 Å². The standard InChI is InChI=1S/C21H18F6O/c1-2-3-4-15-5-7-16(8-6-15)9-10-17-11-13-18(14-12-17)28-21(26,27)19(22)20(23,24)25/h5-8,11-14,19H,2-4H2,1H3. The fourth-order valence-electron chi connectivity index (χ4n) is 2.29. The molecule has 2 rings (SSSR count). The van der Waals surface area contributed by atoms with Gasteiger partial charge in [0.25, 0.3) is 6.17 Å². The van der Waals surface area contributed by atoms with Crippen LogP contribution in [0.25, 0.3) is 0 Å². The zero-order chi connectivity index (χ0) is 20.8. The Kier molecular flexibility index (Phi) is 7.00. The fraction of sp³-hybridized carbons (Fsp3) is 0.333. The second-order valence-electron chi connectivity index (χ2n) is 6.14. The minimum absolute atomic E-state index is 0.443. The molecule has 0 N–H and O–H groups in total. The fourth-order valence-corrected chi connectivity index (χ4v) is 2.29. The molecule has 28 heavy (non-hydrogen) atoms. The lowest BCUT2D eigenvalue weighted by molar-refractivity contribution is -0.304. The number of benzene rings is 2. The van der Waals surface area contributed by atoms with Gasteiger partial charge in [-0.3, -0.25) is 0 Å². The van der Waals surface area contributed by atoms with Crippen LogP contribution in [0.15, 0.2) is 48.5 Å². The SMILES string of the molecule is CCCCc1ccc(C#Cc2ccc(OC(F)(F)C(F)C(F)(F)F)cc2)cc1. The number of hydrogen-bond donors (Lipinski definition) is 0. The molecule has 0 fully saturated rings. The van der Waals surface area contributed by atoms with Gasteiger partial charge in [0.1, 0.15) is 5.75 Å². The first-order valence-corrected chi connectivity index (χ1v) is 8.60. The lowest BCUT2D eigenvalue weighted by Gasteiger charge is -2.23. The van der Waals surface area contributed by atoms with Crippen molar-refractivity contribution in [1.29, 1.82) is 0 Å². The minimum atomic E-state index is -5.72. The van der Waals surface area contributed by atoms with E-state index >= 15 is 0 Å². The van der Waals surface area contributed by atoms with E-state index in [2.05, 4.69) is 23.5 Å². The molecule has 1 nitrogen and oxygen atoms in total. The van der Waals surface area contributed by atoms with E-state index in [1.807, 2.05) is 24.3 Å². The molecule has 0 aliphatic rings. The van der Waals surface area contributed by atoms with Crippen LogP contribution in [-0.2, 0) is 6.42 Å². The van der Waals surface area contributed by atoms with Gasteiger partial charge in [-0.25, -0.2) is 4.39 Å². The first kappa shape index (κ1) is 21.7. The van der Waals surface area contributed by atoms with E-state index < -0.39 is 24.2 Å². The van der Waals surface area contributed by atoms with Crippen molar-refractivity contribution in [3.05, 3.63) is 65.2 Å². The van der Waals surface area contributed by atoms with E-state index in [9.17, 15) is 26.3 Å². The van der Waals surface area contributed by atoms with Crippen LogP contribution in [0.5, 0.6) is 5.75 Å². The van der Waals surface area contributed by atoms with E-state index in [1.165, 1.54) is 17.7 Å². The highest BCUT2D eigenvalue weighted by molar-refractivity contribution is 5.44. The molecule has 0 aliphatic carbocycles. The second kappa shape index (κ2) is 9.05. The van der Waals surface area contributed by atoms with Crippen LogP contribution < -0.4 is 4.74 Å². The summed E-state index contributed by atoms with van der Waals surface area (Å²) in [5.74, 6) is 5.12. The van der Waals surface area contributed by atoms with Gasteiger partial charge in [-0.05, 0) is 54.8 Å². The molecule has 0 aromatic heterocycles. The average molecular weight is 400 g/mol. The Labute approximate surface area is 159 Å². The lowest BCUT2D eigenvalue weighted by Crippen LogP contribution is -2.45. The summed E-state index contributed by atoms with van der Waals surface area (Å²) in [5, 5.41) is 0. The predicted octanol–water partition coefficient (Wildman–Crippen LogP) is 6.30. The van der Waals surface area contributed by atoms with Gasteiger partial charge in [0.05, 0.1) is 0 Å². The molecule has 0 spiro atoms. The first-order chi connectivity index (χ1) is 13.1. The zero-order valence-electron chi connectivity index (χ0n) is 15.0. The van der Waals surface area contributed by atoms with Crippen molar-refractivity contribution >= 4 is 0 Å². The third kappa shape index (κ3) is 6.22. The maximum Gasteiger partial charge on any atom is 0.439 e. The van der Waals surface area contributed by atoms with Gasteiger partial charge in [-0.15, -0.1) is 0 Å². The number of aryl methyl sites for hydroxylation is 1. The van der Waals surface area contributed by atoms with Crippen LogP contribution in [0.3, 0.4) is 0 Å². The van der Waals surface area contributed by atoms with E-state index in [0.717, 1.165) is 37.0 Å². The Hall–Kier alpha value is -2.62. The second-order valence-corrected chi connectivity index (χ2v) is 6.14. The summed E-state index contributed by atoms with van der Waals surface area (Å²) in [4.78, 5) is 0. The summed E-state index contributed by atoms with van der Waals surface area (Å²) in [5.41, 5.74) is 2.41. The number of hydrogen-bond acceptors (Lipinski definition) is 1. The molecular formula is C21H18F6O. The molecule has 0 heterocycles. The van der Waals surface area contributed by atoms with E-state index in [-0.39, 0.29) is 0 Å². The number of rotatable bonds is 6. The largest absolute Gasteiger partial charge is 0.439 e. The number of alkyl halides is 6. The molecule has 0 saturated heterocycles. The van der Waals surface area contributed by atoms with Gasteiger partial charge < -0.3 is 4.74 Å². The predicted molar refractivity (Wildman–Crippen MR) is 94.0 cm³/mol. The van der Waals surface area contributed by atoms with Crippen molar-refractivity contribution in [2.75, 3.05) is 0 Å². The minimum Gasteiger partial charge on any atom is -0.430 e. The molecule has 150 valence electrons. The summed E-state index contributed by atoms with van der Waals surface area (Å²) >= 11 is 0. The number of halogens is 6. The highest BCUT2D eigenvalue weighted by Crippen LogP contribution is 2.36. The average Bonchev–Trinajstić information content (AvgIpc) is 2.65. The van der Waals surface area contributed by atoms with E-state index in [1.54, 1.807) is 0 Å². The summed E-state index contributed by atoms with van der Waals surface area (Å²) in [6.07, 6.45) is -12.0. The summed E-state index contributed by atoms with van der Waals surface area (Å²) in [6.45, 7) is 2.11. The van der Waals surface area contributed by atoms with Gasteiger partial charge in [0.15, 0.2) is 0 Å². The summed E-state index contributed by atoms with van der Waals surface area (Å²) < 4.78 is 79.5. The molecule has 0 aliphatic heterocycles. The van der Waals surface area contributed by atoms with Crippen molar-refractivity contribution in [3.63, 3.8) is 0 Å². The molecule has 2 aromatic carbocycles. The maximum atomic E-state index is 13.2. The molecule has 2 aromatic rings. The summed E-state index contributed by atoms with van der Waals surface area (Å²) in [7, 11) is 0. The highest BCUT2D eigenvalue weighted by atomic mass is 19.4. The van der Waals surface area contributed by atoms with Crippen LogP contribution in [0.1, 0.15) is 36.5 Å². The Morgan fingerprint density at radius 1 is 0.857 bits per heavy atom. The zero-order valence-corrected chi connectivity index (χ0v) is 15.0. The van der Waals surface area contributed by atoms with E-state index in [4.69, 9.17) is 0 Å². The van der Waals surface area contributed by atoms with Crippen LogP contribution >= 0.6 is 0 Å². The Morgan fingerprint density at radius 2 is 1.36 bits per heavy atom. The van der Waals surface area contributed by atoms with Crippen LogP contribution in [-0.4, -0.2) is 18.5 Å². The molecule has 0 bridgehead atoms. The normalized spacial score (nSPS) is 12.8. The Morgan fingerprint density at radius 3 is 1.82 bits per heavy atom. The number of ether oxygens (including phenoxy) is 1. The van der Waals surface area contributed by atoms with Crippen molar-refractivity contribution in [3.8, 4) is 17.6 Å². The van der Waals surface area contributed by atoms with Gasteiger partial charge in [-0.2, -0.15) is 22.0 Å². The van der Waals surface area contributed by atoms with Crippen LogP contribution in [0.4, 0.5) is 26.3 Å². The van der Waals surface area contributed by atoms with Crippen molar-refractivity contribution < 1.29 is 31.1 Å². The Balaban J connectivity index is 2.03. The first-order valence-electron chi connectivity index (χ1n) is 8.60. The third-order valence-electron chi connectivity index (χ3n) is 3.81. The van der Waals surface area contributed by atoms with Crippen LogP contribution in [0.2, 0.25) is 0 Å². The van der Waals surface area contributed by atoms with Gasteiger partial charge in [-0.1, -0.05) is 37.3 Å². The quantitative estimate of drug-likeness (QED) is 0.408. The third-order valence-corrected chi connectivity index (χ3v) is 3.81. The van der Waals surface area contributed by atoms with Crippen molar-refractivity contribution in [2.45, 2.75) is 44.6 Å². The van der Waals surface area contributed by atoms with Crippen molar-refractivity contribution in [2.24, 2.45) is 0 Å². The molecule has 0 amide bonds. The number of unbranched alkanes of at least 4 members (excludes halogenated alkanes) is 1. The monoisotopic (exact) mass is 400 g/mol. The van der Waals surface area contributed by atoms with Gasteiger partial charge in [0, 0.05) is 11.1 Å². The van der Waals surface area contributed by atoms with Crippen LogP contribution in [0, 0.1) is 11.8 Å². The molecule has 0 saturated carbocycles. The smallest absolute Gasteiger partial charge is 0.430 e. The molecule has 0 radical (unpaired) electrons. The van der Waals surface area contributed by atoms with Gasteiger partial charge >= 0.3 is 12.3 Å². The summed E-state index contributed by atoms with van der Waals surface area (Å²) in [6, 6.07) is 12.3. The molecule has 1 unspecified atom stereocenters. The molecular weight excluding hydrogens is 382 g/mol. The Bertz CT molecular complexity index is 813. The van der Waals surface area contributed by atoms with Crippen molar-refractivity contribution in [1.82, 2.24) is 0 Å². The highest BCUT2D eigenvalue weighted by Gasteiger charge is 2.59.